The Morgan fingerprint density at radius 2 is 0.750 bits per heavy atom. The second-order valence-corrected chi connectivity index (χ2v) is 22.9. The lowest BCUT2D eigenvalue weighted by Gasteiger charge is -2.40. The van der Waals surface area contributed by atoms with Crippen LogP contribution in [0.5, 0.6) is 0 Å². The molecule has 0 aliphatic carbocycles. The van der Waals surface area contributed by atoms with Gasteiger partial charge in [-0.15, -0.1) is 0 Å². The van der Waals surface area contributed by atoms with Crippen LogP contribution >= 0.6 is 0 Å². The minimum Gasteiger partial charge on any atom is -0.394 e. The van der Waals surface area contributed by atoms with Crippen molar-refractivity contribution in [3.8, 4) is 0 Å². The molecule has 9 nitrogen and oxygen atoms in total. The third-order valence-electron chi connectivity index (χ3n) is 15.6. The van der Waals surface area contributed by atoms with Crippen molar-refractivity contribution in [2.45, 2.75) is 358 Å². The lowest BCUT2D eigenvalue weighted by atomic mass is 9.99. The van der Waals surface area contributed by atoms with Crippen LogP contribution in [-0.2, 0) is 14.3 Å². The van der Waals surface area contributed by atoms with Gasteiger partial charge in [0.05, 0.1) is 25.4 Å². The van der Waals surface area contributed by atoms with E-state index >= 15 is 0 Å². The molecule has 0 bridgehead atoms. The average Bonchev–Trinajstić information content (AvgIpc) is 3.42. The molecule has 9 heteroatoms. The Labute approximate surface area is 469 Å². The van der Waals surface area contributed by atoms with E-state index in [9.17, 15) is 30.3 Å². The van der Waals surface area contributed by atoms with E-state index in [0.29, 0.717) is 6.42 Å². The minimum atomic E-state index is -1.58. The molecule has 7 atom stereocenters. The Kier molecular flexibility index (Phi) is 53.6. The molecule has 6 N–H and O–H groups in total. The highest BCUT2D eigenvalue weighted by Crippen LogP contribution is 2.23. The van der Waals surface area contributed by atoms with Gasteiger partial charge in [0, 0.05) is 6.42 Å². The van der Waals surface area contributed by atoms with E-state index in [0.717, 1.165) is 44.9 Å². The summed E-state index contributed by atoms with van der Waals surface area (Å²) in [6, 6.07) is -0.830. The molecule has 0 aromatic carbocycles. The van der Waals surface area contributed by atoms with Crippen LogP contribution in [-0.4, -0.2) is 87.5 Å². The Balaban J connectivity index is 2.18. The summed E-state index contributed by atoms with van der Waals surface area (Å²) in [6.45, 7) is 3.80. The fraction of sp³-hybridized carbons (Fsp3) is 0.866. The first-order chi connectivity index (χ1) is 37.3. The highest BCUT2D eigenvalue weighted by molar-refractivity contribution is 5.76. The third-order valence-corrected chi connectivity index (χ3v) is 15.6. The van der Waals surface area contributed by atoms with Gasteiger partial charge in [0.25, 0.3) is 0 Å². The molecule has 446 valence electrons. The quantitative estimate of drug-likeness (QED) is 0.0261. The lowest BCUT2D eigenvalue weighted by molar-refractivity contribution is -0.302. The smallest absolute Gasteiger partial charge is 0.220 e. The van der Waals surface area contributed by atoms with Gasteiger partial charge in [-0.2, -0.15) is 0 Å². The number of aliphatic hydroxyl groups excluding tert-OH is 5. The number of carbonyl (C=O) groups excluding carboxylic acids is 1. The van der Waals surface area contributed by atoms with Crippen LogP contribution in [0.3, 0.4) is 0 Å². The van der Waals surface area contributed by atoms with Crippen LogP contribution < -0.4 is 5.32 Å². The maximum Gasteiger partial charge on any atom is 0.220 e. The molecule has 0 radical (unpaired) electrons. The standard InChI is InChI=1S/C67H125NO8/c1-3-5-7-9-11-13-15-17-19-21-23-25-27-28-29-30-31-32-33-35-37-39-41-43-45-47-49-51-53-55-57-63(71)68-60(59-75-67-66(74)65(73)64(72)62(58-69)76-67)61(70)56-54-52-50-48-46-44-42-40-38-36-34-26-24-22-20-18-16-14-12-10-8-6-4-2/h28-29,38,40,46,48,54,56,60-62,64-67,69-70,72-74H,3-27,30-37,39,41-45,47,49-53,55,57-59H2,1-2H3,(H,68,71)/b29-28-,40-38+,48-46+,56-54+. The third kappa shape index (κ3) is 44.9. The van der Waals surface area contributed by atoms with E-state index in [4.69, 9.17) is 9.47 Å². The number of allylic oxidation sites excluding steroid dienone is 7. The SMILES string of the molecule is CCCCCCCCCCCCCC/C=C\CCCCCCCCCCCCCCCCC(=O)NC(COC1OC(CO)C(O)C(O)C1O)C(O)/C=C/CC/C=C/CC/C=C/CCCCCCCCCCCCCCC. The van der Waals surface area contributed by atoms with Crippen LogP contribution in [0, 0.1) is 0 Å². The number of ether oxygens (including phenoxy) is 2. The van der Waals surface area contributed by atoms with Crippen LogP contribution in [0.1, 0.15) is 316 Å². The molecule has 1 aliphatic rings. The zero-order valence-corrected chi connectivity index (χ0v) is 49.8. The molecular formula is C67H125NO8. The van der Waals surface area contributed by atoms with E-state index in [-0.39, 0.29) is 12.5 Å². The Morgan fingerprint density at radius 1 is 0.434 bits per heavy atom. The van der Waals surface area contributed by atoms with Crippen molar-refractivity contribution >= 4 is 5.91 Å². The summed E-state index contributed by atoms with van der Waals surface area (Å²) in [5.41, 5.74) is 0. The molecule has 7 unspecified atom stereocenters. The summed E-state index contributed by atoms with van der Waals surface area (Å²) < 4.78 is 11.3. The summed E-state index contributed by atoms with van der Waals surface area (Å²) in [5, 5.41) is 54.6. The number of amides is 1. The Morgan fingerprint density at radius 3 is 1.11 bits per heavy atom. The number of rotatable bonds is 57. The van der Waals surface area contributed by atoms with Gasteiger partial charge in [0.2, 0.25) is 5.91 Å². The molecule has 1 amide bonds. The topological polar surface area (TPSA) is 149 Å². The lowest BCUT2D eigenvalue weighted by Crippen LogP contribution is -2.60. The van der Waals surface area contributed by atoms with E-state index < -0.39 is 49.5 Å². The molecule has 1 rings (SSSR count). The first-order valence-corrected chi connectivity index (χ1v) is 32.9. The van der Waals surface area contributed by atoms with Gasteiger partial charge in [-0.3, -0.25) is 4.79 Å². The normalized spacial score (nSPS) is 19.1. The van der Waals surface area contributed by atoms with Crippen molar-refractivity contribution in [2.24, 2.45) is 0 Å². The Hall–Kier alpha value is -1.85. The second kappa shape index (κ2) is 56.4. The fourth-order valence-corrected chi connectivity index (χ4v) is 10.4. The van der Waals surface area contributed by atoms with E-state index in [1.807, 2.05) is 6.08 Å². The van der Waals surface area contributed by atoms with Crippen LogP contribution in [0.2, 0.25) is 0 Å². The first kappa shape index (κ1) is 72.2. The molecule has 76 heavy (non-hydrogen) atoms. The molecule has 0 saturated carbocycles. The fourth-order valence-electron chi connectivity index (χ4n) is 10.4. The molecule has 0 spiro atoms. The number of nitrogens with one attached hydrogen (secondary N) is 1. The number of carbonyl (C=O) groups is 1. The van der Waals surface area contributed by atoms with Gasteiger partial charge in [-0.05, 0) is 70.6 Å². The molecule has 1 aliphatic heterocycles. The number of hydrogen-bond acceptors (Lipinski definition) is 8. The minimum absolute atomic E-state index is 0.187. The van der Waals surface area contributed by atoms with Crippen LogP contribution in [0.15, 0.2) is 48.6 Å². The highest BCUT2D eigenvalue weighted by atomic mass is 16.7. The van der Waals surface area contributed by atoms with Gasteiger partial charge in [-0.25, -0.2) is 0 Å². The van der Waals surface area contributed by atoms with E-state index in [1.165, 1.54) is 250 Å². The number of hydrogen-bond donors (Lipinski definition) is 6. The van der Waals surface area contributed by atoms with Gasteiger partial charge < -0.3 is 40.3 Å². The highest BCUT2D eigenvalue weighted by Gasteiger charge is 2.44. The maximum atomic E-state index is 13.1. The van der Waals surface area contributed by atoms with Crippen molar-refractivity contribution in [3.05, 3.63) is 48.6 Å². The van der Waals surface area contributed by atoms with Crippen molar-refractivity contribution in [1.82, 2.24) is 5.32 Å². The average molecular weight is 1070 g/mol. The van der Waals surface area contributed by atoms with Crippen molar-refractivity contribution in [1.29, 1.82) is 0 Å². The predicted molar refractivity (Wildman–Crippen MR) is 323 cm³/mol. The number of unbranched alkanes of at least 4 members (excludes halogenated alkanes) is 41. The molecule has 0 aromatic heterocycles. The first-order valence-electron chi connectivity index (χ1n) is 32.9. The van der Waals surface area contributed by atoms with Crippen LogP contribution in [0.25, 0.3) is 0 Å². The molecule has 0 aromatic rings. The van der Waals surface area contributed by atoms with Crippen molar-refractivity contribution in [2.75, 3.05) is 13.2 Å². The molecule has 1 fully saturated rings. The van der Waals surface area contributed by atoms with Gasteiger partial charge in [-0.1, -0.05) is 287 Å². The summed E-state index contributed by atoms with van der Waals surface area (Å²) >= 11 is 0. The molecule has 1 saturated heterocycles. The van der Waals surface area contributed by atoms with Crippen molar-refractivity contribution in [3.63, 3.8) is 0 Å². The van der Waals surface area contributed by atoms with Crippen LogP contribution in [0.4, 0.5) is 0 Å². The summed E-state index contributed by atoms with van der Waals surface area (Å²) in [6.07, 6.45) is 69.2. The summed E-state index contributed by atoms with van der Waals surface area (Å²) in [5.74, 6) is -0.187. The zero-order valence-electron chi connectivity index (χ0n) is 49.8. The predicted octanol–water partition coefficient (Wildman–Crippen LogP) is 17.2. The summed E-state index contributed by atoms with van der Waals surface area (Å²) in [7, 11) is 0. The molecular weight excluding hydrogens is 947 g/mol. The van der Waals surface area contributed by atoms with E-state index in [1.54, 1.807) is 6.08 Å². The molecule has 1 heterocycles. The zero-order chi connectivity index (χ0) is 55.0. The van der Waals surface area contributed by atoms with Gasteiger partial charge in [0.1, 0.15) is 24.4 Å². The van der Waals surface area contributed by atoms with Gasteiger partial charge >= 0.3 is 0 Å². The summed E-state index contributed by atoms with van der Waals surface area (Å²) in [4.78, 5) is 13.1. The Bertz CT molecular complexity index is 1340. The monoisotopic (exact) mass is 1070 g/mol. The van der Waals surface area contributed by atoms with Gasteiger partial charge in [0.15, 0.2) is 6.29 Å². The number of aliphatic hydroxyl groups is 5. The largest absolute Gasteiger partial charge is 0.394 e. The second-order valence-electron chi connectivity index (χ2n) is 22.9. The van der Waals surface area contributed by atoms with E-state index in [2.05, 4.69) is 55.6 Å². The maximum absolute atomic E-state index is 13.1. The van der Waals surface area contributed by atoms with Crippen molar-refractivity contribution < 1.29 is 39.8 Å².